The Morgan fingerprint density at radius 1 is 1.19 bits per heavy atom. The van der Waals surface area contributed by atoms with Crippen LogP contribution in [0.25, 0.3) is 0 Å². The van der Waals surface area contributed by atoms with E-state index in [4.69, 9.17) is 9.73 Å². The van der Waals surface area contributed by atoms with E-state index in [1.165, 1.54) is 0 Å². The first kappa shape index (κ1) is 21.5. The van der Waals surface area contributed by atoms with E-state index in [0.29, 0.717) is 24.3 Å². The largest absolute Gasteiger partial charge is 0.507 e. The van der Waals surface area contributed by atoms with Crippen molar-refractivity contribution in [2.75, 3.05) is 39.4 Å². The van der Waals surface area contributed by atoms with E-state index < -0.39 is 0 Å². The zero-order valence-electron chi connectivity index (χ0n) is 17.5. The third-order valence-electron chi connectivity index (χ3n) is 5.08. The second-order valence-electron chi connectivity index (χ2n) is 7.61. The van der Waals surface area contributed by atoms with Gasteiger partial charge in [-0.1, -0.05) is 26.0 Å². The van der Waals surface area contributed by atoms with E-state index in [9.17, 15) is 5.11 Å². The van der Waals surface area contributed by atoms with Gasteiger partial charge in [0.05, 0.1) is 19.8 Å². The van der Waals surface area contributed by atoms with Crippen molar-refractivity contribution in [3.05, 3.63) is 28.8 Å². The second kappa shape index (κ2) is 10.5. The average Bonchev–Trinajstić information content (AvgIpc) is 2.64. The van der Waals surface area contributed by atoms with Crippen LogP contribution in [-0.2, 0) is 11.3 Å². The highest BCUT2D eigenvalue weighted by Gasteiger charge is 2.23. The molecule has 1 aliphatic heterocycles. The molecule has 0 aliphatic carbocycles. The van der Waals surface area contributed by atoms with Crippen LogP contribution in [-0.4, -0.2) is 61.4 Å². The summed E-state index contributed by atoms with van der Waals surface area (Å²) in [4.78, 5) is 7.25. The molecular weight excluding hydrogens is 340 g/mol. The summed E-state index contributed by atoms with van der Waals surface area (Å²) in [6.45, 7) is 16.4. The number of hydrogen-bond acceptors (Lipinski definition) is 4. The lowest BCUT2D eigenvalue weighted by Crippen LogP contribution is -2.52. The first-order valence-corrected chi connectivity index (χ1v) is 10.1. The lowest BCUT2D eigenvalue weighted by molar-refractivity contribution is 0.00752. The molecule has 1 heterocycles. The summed E-state index contributed by atoms with van der Waals surface area (Å²) in [6.07, 6.45) is 0. The van der Waals surface area contributed by atoms with Crippen molar-refractivity contribution < 1.29 is 9.84 Å². The quantitative estimate of drug-likeness (QED) is 0.504. The average molecular weight is 377 g/mol. The van der Waals surface area contributed by atoms with E-state index in [-0.39, 0.29) is 0 Å². The molecule has 3 N–H and O–H groups in total. The van der Waals surface area contributed by atoms with Crippen molar-refractivity contribution in [2.24, 2.45) is 10.9 Å². The van der Waals surface area contributed by atoms with Gasteiger partial charge in [0.15, 0.2) is 5.96 Å². The molecule has 0 aromatic heterocycles. The summed E-state index contributed by atoms with van der Waals surface area (Å²) in [5.74, 6) is 1.76. The van der Waals surface area contributed by atoms with E-state index in [2.05, 4.69) is 36.3 Å². The molecule has 1 saturated heterocycles. The summed E-state index contributed by atoms with van der Waals surface area (Å²) in [5, 5.41) is 16.8. The zero-order valence-corrected chi connectivity index (χ0v) is 17.5. The van der Waals surface area contributed by atoms with Crippen LogP contribution in [0, 0.1) is 19.8 Å². The maximum atomic E-state index is 9.94. The van der Waals surface area contributed by atoms with E-state index in [1.54, 1.807) is 0 Å². The molecule has 1 aromatic carbocycles. The number of benzene rings is 1. The summed E-state index contributed by atoms with van der Waals surface area (Å²) in [6, 6.07) is 4.45. The van der Waals surface area contributed by atoms with Crippen LogP contribution in [0.1, 0.15) is 37.5 Å². The molecule has 0 bridgehead atoms. The molecule has 1 atom stereocenters. The topological polar surface area (TPSA) is 69.1 Å². The SMILES string of the molecule is CCNC(=NCc1cc(C)c(O)c(C)c1)NCC(C(C)C)N1CCOCC1. The number of guanidine groups is 1. The number of phenolic OH excluding ortho intramolecular Hbond substituents is 1. The maximum absolute atomic E-state index is 9.94. The number of phenols is 1. The van der Waals surface area contributed by atoms with E-state index in [0.717, 1.165) is 62.0 Å². The first-order valence-electron chi connectivity index (χ1n) is 10.1. The van der Waals surface area contributed by atoms with Crippen LogP contribution in [0.4, 0.5) is 0 Å². The zero-order chi connectivity index (χ0) is 19.8. The Balaban J connectivity index is 2.01. The normalized spacial score (nSPS) is 17.2. The Bertz CT molecular complexity index is 602. The fourth-order valence-corrected chi connectivity index (χ4v) is 3.55. The molecule has 1 aliphatic rings. The third-order valence-corrected chi connectivity index (χ3v) is 5.08. The molecule has 1 aromatic rings. The lowest BCUT2D eigenvalue weighted by Gasteiger charge is -2.37. The van der Waals surface area contributed by atoms with Crippen LogP contribution in [0.15, 0.2) is 17.1 Å². The molecule has 0 saturated carbocycles. The minimum atomic E-state index is 0.373. The van der Waals surface area contributed by atoms with Crippen LogP contribution >= 0.6 is 0 Å². The van der Waals surface area contributed by atoms with Gasteiger partial charge in [0.1, 0.15) is 5.75 Å². The third kappa shape index (κ3) is 6.40. The number of ether oxygens (including phenoxy) is 1. The van der Waals surface area contributed by atoms with Gasteiger partial charge in [-0.3, -0.25) is 4.90 Å². The number of morpholine rings is 1. The molecule has 1 unspecified atom stereocenters. The number of rotatable bonds is 7. The van der Waals surface area contributed by atoms with Crippen LogP contribution in [0.3, 0.4) is 0 Å². The van der Waals surface area contributed by atoms with E-state index in [1.807, 2.05) is 26.0 Å². The molecule has 2 rings (SSSR count). The maximum Gasteiger partial charge on any atom is 0.191 e. The Hall–Kier alpha value is -1.79. The van der Waals surface area contributed by atoms with Crippen LogP contribution < -0.4 is 10.6 Å². The van der Waals surface area contributed by atoms with Crippen LogP contribution in [0.2, 0.25) is 0 Å². The Morgan fingerprint density at radius 3 is 2.37 bits per heavy atom. The Labute approximate surface area is 164 Å². The predicted molar refractivity (Wildman–Crippen MR) is 111 cm³/mol. The van der Waals surface area contributed by atoms with Gasteiger partial charge in [-0.15, -0.1) is 0 Å². The van der Waals surface area contributed by atoms with Crippen molar-refractivity contribution in [3.8, 4) is 5.75 Å². The first-order chi connectivity index (χ1) is 12.9. The van der Waals surface area contributed by atoms with Gasteiger partial charge in [-0.05, 0) is 43.4 Å². The highest BCUT2D eigenvalue weighted by atomic mass is 16.5. The second-order valence-corrected chi connectivity index (χ2v) is 7.61. The number of nitrogens with zero attached hydrogens (tertiary/aromatic N) is 2. The van der Waals surface area contributed by atoms with Crippen molar-refractivity contribution in [3.63, 3.8) is 0 Å². The highest BCUT2D eigenvalue weighted by molar-refractivity contribution is 5.79. The van der Waals surface area contributed by atoms with Gasteiger partial charge in [0.2, 0.25) is 0 Å². The summed E-state index contributed by atoms with van der Waals surface area (Å²) in [5.41, 5.74) is 2.89. The lowest BCUT2D eigenvalue weighted by atomic mass is 10.0. The number of nitrogens with one attached hydrogen (secondary N) is 2. The molecule has 0 radical (unpaired) electrons. The minimum Gasteiger partial charge on any atom is -0.507 e. The van der Waals surface area contributed by atoms with Gasteiger partial charge in [-0.2, -0.15) is 0 Å². The molecule has 27 heavy (non-hydrogen) atoms. The molecule has 6 heteroatoms. The fraction of sp³-hybridized carbons (Fsp3) is 0.667. The molecule has 6 nitrogen and oxygen atoms in total. The van der Waals surface area contributed by atoms with E-state index >= 15 is 0 Å². The molecular formula is C21H36N4O2. The fourth-order valence-electron chi connectivity index (χ4n) is 3.55. The van der Waals surface area contributed by atoms with Crippen molar-refractivity contribution in [1.82, 2.24) is 15.5 Å². The van der Waals surface area contributed by atoms with Gasteiger partial charge in [-0.25, -0.2) is 4.99 Å². The smallest absolute Gasteiger partial charge is 0.191 e. The number of hydrogen-bond donors (Lipinski definition) is 3. The van der Waals surface area contributed by atoms with Gasteiger partial charge in [0, 0.05) is 32.2 Å². The summed E-state index contributed by atoms with van der Waals surface area (Å²) < 4.78 is 5.49. The van der Waals surface area contributed by atoms with Crippen molar-refractivity contribution in [2.45, 2.75) is 47.2 Å². The van der Waals surface area contributed by atoms with Gasteiger partial charge < -0.3 is 20.5 Å². The Kier molecular flexibility index (Phi) is 8.38. The monoisotopic (exact) mass is 376 g/mol. The molecule has 1 fully saturated rings. The summed E-state index contributed by atoms with van der Waals surface area (Å²) >= 11 is 0. The standard InChI is InChI=1S/C21H36N4O2/c1-6-22-21(23-13-18-11-16(4)20(26)17(5)12-18)24-14-19(15(2)3)25-7-9-27-10-8-25/h11-12,15,19,26H,6-10,13-14H2,1-5H3,(H2,22,23,24). The van der Waals surface area contributed by atoms with Crippen molar-refractivity contribution >= 4 is 5.96 Å². The molecule has 152 valence electrons. The minimum absolute atomic E-state index is 0.373. The van der Waals surface area contributed by atoms with Gasteiger partial charge >= 0.3 is 0 Å². The van der Waals surface area contributed by atoms with Gasteiger partial charge in [0.25, 0.3) is 0 Å². The Morgan fingerprint density at radius 2 is 1.81 bits per heavy atom. The highest BCUT2D eigenvalue weighted by Crippen LogP contribution is 2.23. The molecule has 0 amide bonds. The number of aliphatic imine (C=N–C) groups is 1. The van der Waals surface area contributed by atoms with Crippen molar-refractivity contribution in [1.29, 1.82) is 0 Å². The van der Waals surface area contributed by atoms with Crippen LogP contribution in [0.5, 0.6) is 5.75 Å². The predicted octanol–water partition coefficient (Wildman–Crippen LogP) is 2.42. The summed E-state index contributed by atoms with van der Waals surface area (Å²) in [7, 11) is 0. The number of aromatic hydroxyl groups is 1. The number of aryl methyl sites for hydroxylation is 2. The molecule has 0 spiro atoms.